The van der Waals surface area contributed by atoms with Gasteiger partial charge in [-0.1, -0.05) is 37.1 Å². The molecule has 1 aromatic heterocycles. The van der Waals surface area contributed by atoms with Crippen LogP contribution in [0.15, 0.2) is 36.7 Å². The van der Waals surface area contributed by atoms with Crippen LogP contribution in [-0.2, 0) is 0 Å². The van der Waals surface area contributed by atoms with E-state index in [0.717, 1.165) is 12.8 Å². The van der Waals surface area contributed by atoms with Crippen LogP contribution >= 0.6 is 0 Å². The van der Waals surface area contributed by atoms with Crippen LogP contribution in [0.3, 0.4) is 0 Å². The predicted octanol–water partition coefficient (Wildman–Crippen LogP) is 2.61. The second-order valence-electron chi connectivity index (χ2n) is 6.25. The SMILES string of the molecule is CN(C)C1(C(NN)c2cncc3ccccc23)CCCC1. The fourth-order valence-electron chi connectivity index (χ4n) is 3.89. The topological polar surface area (TPSA) is 54.2 Å². The highest BCUT2D eigenvalue weighted by atomic mass is 15.3. The summed E-state index contributed by atoms with van der Waals surface area (Å²) in [7, 11) is 4.32. The molecule has 0 bridgehead atoms. The molecule has 0 aliphatic heterocycles. The lowest BCUT2D eigenvalue weighted by Crippen LogP contribution is -2.53. The van der Waals surface area contributed by atoms with Crippen molar-refractivity contribution < 1.29 is 0 Å². The van der Waals surface area contributed by atoms with Crippen molar-refractivity contribution >= 4 is 10.8 Å². The highest BCUT2D eigenvalue weighted by Gasteiger charge is 2.44. The number of fused-ring (bicyclic) bond motifs is 1. The lowest BCUT2D eigenvalue weighted by molar-refractivity contribution is 0.105. The molecule has 1 atom stereocenters. The first-order valence-electron chi connectivity index (χ1n) is 7.65. The van der Waals surface area contributed by atoms with Crippen LogP contribution in [-0.4, -0.2) is 29.5 Å². The fourth-order valence-corrected chi connectivity index (χ4v) is 3.89. The Bertz CT molecular complexity index is 612. The summed E-state index contributed by atoms with van der Waals surface area (Å²) in [5.74, 6) is 5.99. The molecule has 0 amide bonds. The van der Waals surface area contributed by atoms with Crippen molar-refractivity contribution in [1.29, 1.82) is 0 Å². The summed E-state index contributed by atoms with van der Waals surface area (Å²) in [5, 5.41) is 2.41. The zero-order chi connectivity index (χ0) is 14.9. The van der Waals surface area contributed by atoms with E-state index in [0.29, 0.717) is 0 Å². The first-order valence-corrected chi connectivity index (χ1v) is 7.65. The molecule has 1 unspecified atom stereocenters. The van der Waals surface area contributed by atoms with E-state index in [9.17, 15) is 0 Å². The number of nitrogens with two attached hydrogens (primary N) is 1. The second kappa shape index (κ2) is 5.72. The number of benzene rings is 1. The minimum absolute atomic E-state index is 0.0700. The number of aromatic nitrogens is 1. The molecule has 21 heavy (non-hydrogen) atoms. The zero-order valence-electron chi connectivity index (χ0n) is 12.8. The van der Waals surface area contributed by atoms with Crippen molar-refractivity contribution in [3.63, 3.8) is 0 Å². The molecule has 0 radical (unpaired) electrons. The molecule has 1 heterocycles. The molecule has 0 spiro atoms. The summed E-state index contributed by atoms with van der Waals surface area (Å²) in [6, 6.07) is 8.49. The van der Waals surface area contributed by atoms with Crippen LogP contribution in [0.25, 0.3) is 10.8 Å². The monoisotopic (exact) mass is 284 g/mol. The quantitative estimate of drug-likeness (QED) is 0.669. The van der Waals surface area contributed by atoms with Gasteiger partial charge in [-0.3, -0.25) is 16.3 Å². The largest absolute Gasteiger partial charge is 0.302 e. The number of hydrogen-bond donors (Lipinski definition) is 2. The van der Waals surface area contributed by atoms with E-state index < -0.39 is 0 Å². The van der Waals surface area contributed by atoms with Gasteiger partial charge in [0.2, 0.25) is 0 Å². The lowest BCUT2D eigenvalue weighted by atomic mass is 9.82. The van der Waals surface area contributed by atoms with E-state index >= 15 is 0 Å². The molecular weight excluding hydrogens is 260 g/mol. The van der Waals surface area contributed by atoms with Crippen molar-refractivity contribution in [3.05, 3.63) is 42.2 Å². The Morgan fingerprint density at radius 1 is 1.19 bits per heavy atom. The van der Waals surface area contributed by atoms with Crippen LogP contribution < -0.4 is 11.3 Å². The molecule has 2 aromatic rings. The van der Waals surface area contributed by atoms with Crippen molar-refractivity contribution in [2.24, 2.45) is 5.84 Å². The smallest absolute Gasteiger partial charge is 0.0664 e. The zero-order valence-corrected chi connectivity index (χ0v) is 12.8. The van der Waals surface area contributed by atoms with Gasteiger partial charge in [0.25, 0.3) is 0 Å². The van der Waals surface area contributed by atoms with Gasteiger partial charge in [0, 0.05) is 23.3 Å². The fraction of sp³-hybridized carbons (Fsp3) is 0.471. The molecule has 3 N–H and O–H groups in total. The predicted molar refractivity (Wildman–Crippen MR) is 86.7 cm³/mol. The normalized spacial score (nSPS) is 19.2. The molecule has 1 aliphatic rings. The summed E-state index contributed by atoms with van der Waals surface area (Å²) in [4.78, 5) is 6.77. The minimum Gasteiger partial charge on any atom is -0.302 e. The molecule has 1 fully saturated rings. The molecule has 112 valence electrons. The lowest BCUT2D eigenvalue weighted by Gasteiger charge is -2.43. The van der Waals surface area contributed by atoms with Crippen molar-refractivity contribution in [2.75, 3.05) is 14.1 Å². The maximum atomic E-state index is 5.99. The average molecular weight is 284 g/mol. The number of rotatable bonds is 4. The van der Waals surface area contributed by atoms with Gasteiger partial charge in [-0.05, 0) is 37.9 Å². The van der Waals surface area contributed by atoms with Gasteiger partial charge in [-0.25, -0.2) is 0 Å². The van der Waals surface area contributed by atoms with E-state index in [2.05, 4.69) is 53.7 Å². The third kappa shape index (κ3) is 2.33. The third-order valence-electron chi connectivity index (χ3n) is 5.07. The molecule has 1 aliphatic carbocycles. The Morgan fingerprint density at radius 2 is 1.90 bits per heavy atom. The van der Waals surface area contributed by atoms with E-state index in [1.807, 2.05) is 12.4 Å². The van der Waals surface area contributed by atoms with E-state index in [1.54, 1.807) is 0 Å². The number of hydrazine groups is 1. The summed E-state index contributed by atoms with van der Waals surface area (Å²) < 4.78 is 0. The van der Waals surface area contributed by atoms with Gasteiger partial charge in [0.15, 0.2) is 0 Å². The first kappa shape index (κ1) is 14.4. The van der Waals surface area contributed by atoms with Crippen LogP contribution in [0, 0.1) is 0 Å². The van der Waals surface area contributed by atoms with Gasteiger partial charge in [0.05, 0.1) is 6.04 Å². The van der Waals surface area contributed by atoms with Gasteiger partial charge in [-0.2, -0.15) is 0 Å². The molecule has 0 saturated heterocycles. The third-order valence-corrected chi connectivity index (χ3v) is 5.07. The Morgan fingerprint density at radius 3 is 2.57 bits per heavy atom. The molecule has 1 saturated carbocycles. The highest BCUT2D eigenvalue weighted by Crippen LogP contribution is 2.44. The minimum atomic E-state index is 0.0700. The Kier molecular flexibility index (Phi) is 3.93. The van der Waals surface area contributed by atoms with Gasteiger partial charge < -0.3 is 4.90 Å². The summed E-state index contributed by atoms with van der Waals surface area (Å²) >= 11 is 0. The Balaban J connectivity index is 2.14. The Hall–Kier alpha value is -1.49. The number of nitrogens with zero attached hydrogens (tertiary/aromatic N) is 2. The summed E-state index contributed by atoms with van der Waals surface area (Å²) in [6.07, 6.45) is 8.74. The van der Waals surface area contributed by atoms with Crippen molar-refractivity contribution in [2.45, 2.75) is 37.3 Å². The second-order valence-corrected chi connectivity index (χ2v) is 6.25. The van der Waals surface area contributed by atoms with E-state index in [1.165, 1.54) is 29.2 Å². The number of pyridine rings is 1. The Labute approximate surface area is 126 Å². The molecule has 4 nitrogen and oxygen atoms in total. The van der Waals surface area contributed by atoms with Gasteiger partial charge >= 0.3 is 0 Å². The molecular formula is C17H24N4. The highest BCUT2D eigenvalue weighted by molar-refractivity contribution is 5.85. The maximum Gasteiger partial charge on any atom is 0.0664 e. The molecule has 1 aromatic carbocycles. The standard InChI is InChI=1S/C17H24N4/c1-21(2)17(9-5-6-10-17)16(20-18)15-12-19-11-13-7-3-4-8-14(13)15/h3-4,7-8,11-12,16,20H,5-6,9-10,18H2,1-2H3. The first-order chi connectivity index (χ1) is 10.2. The van der Waals surface area contributed by atoms with E-state index in [4.69, 9.17) is 5.84 Å². The summed E-state index contributed by atoms with van der Waals surface area (Å²) in [6.45, 7) is 0. The van der Waals surface area contributed by atoms with Crippen LogP contribution in [0.4, 0.5) is 0 Å². The number of likely N-dealkylation sites (N-methyl/N-ethyl adjacent to an activating group) is 1. The van der Waals surface area contributed by atoms with Crippen LogP contribution in [0.1, 0.15) is 37.3 Å². The maximum absolute atomic E-state index is 5.99. The number of hydrogen-bond acceptors (Lipinski definition) is 4. The van der Waals surface area contributed by atoms with Crippen LogP contribution in [0.5, 0.6) is 0 Å². The average Bonchev–Trinajstić information content (AvgIpc) is 2.99. The summed E-state index contributed by atoms with van der Waals surface area (Å²) in [5.41, 5.74) is 4.36. The van der Waals surface area contributed by atoms with Gasteiger partial charge in [0.1, 0.15) is 0 Å². The number of nitrogens with one attached hydrogen (secondary N) is 1. The van der Waals surface area contributed by atoms with Gasteiger partial charge in [-0.15, -0.1) is 0 Å². The van der Waals surface area contributed by atoms with Crippen LogP contribution in [0.2, 0.25) is 0 Å². The van der Waals surface area contributed by atoms with Crippen molar-refractivity contribution in [1.82, 2.24) is 15.3 Å². The molecule has 4 heteroatoms. The van der Waals surface area contributed by atoms with Crippen molar-refractivity contribution in [3.8, 4) is 0 Å². The molecule has 3 rings (SSSR count). The van der Waals surface area contributed by atoms with E-state index in [-0.39, 0.29) is 11.6 Å².